The Balaban J connectivity index is 1.95. The van der Waals surface area contributed by atoms with Gasteiger partial charge in [0.15, 0.2) is 5.13 Å². The Labute approximate surface area is 81.8 Å². The number of nitrogens with zero attached hydrogens (tertiary/aromatic N) is 1. The molecule has 3 nitrogen and oxygen atoms in total. The summed E-state index contributed by atoms with van der Waals surface area (Å²) < 4.78 is 0. The number of thiazole rings is 1. The fraction of sp³-hybridized carbons (Fsp3) is 0.667. The maximum atomic E-state index is 8.86. The van der Waals surface area contributed by atoms with Crippen molar-refractivity contribution in [3.63, 3.8) is 0 Å². The summed E-state index contributed by atoms with van der Waals surface area (Å²) in [5, 5.41) is 13.2. The van der Waals surface area contributed by atoms with Crippen molar-refractivity contribution in [2.24, 2.45) is 5.92 Å². The van der Waals surface area contributed by atoms with Crippen molar-refractivity contribution in [3.8, 4) is 0 Å². The number of rotatable bonds is 3. The van der Waals surface area contributed by atoms with E-state index in [-0.39, 0.29) is 0 Å². The highest BCUT2D eigenvalue weighted by molar-refractivity contribution is 7.15. The molecule has 1 heterocycles. The highest BCUT2D eigenvalue weighted by atomic mass is 32.1. The van der Waals surface area contributed by atoms with Gasteiger partial charge in [0.05, 0.1) is 5.69 Å². The molecule has 2 atom stereocenters. The summed E-state index contributed by atoms with van der Waals surface area (Å²) in [5.41, 5.74) is 1.11. The molecule has 2 unspecified atom stereocenters. The Bertz CT molecular complexity index is 291. The van der Waals surface area contributed by atoms with Crippen LogP contribution < -0.4 is 5.32 Å². The van der Waals surface area contributed by atoms with Crippen LogP contribution in [0.25, 0.3) is 0 Å². The fourth-order valence-electron chi connectivity index (χ4n) is 1.32. The van der Waals surface area contributed by atoms with Crippen LogP contribution in [0, 0.1) is 19.8 Å². The van der Waals surface area contributed by atoms with E-state index in [1.807, 2.05) is 6.92 Å². The molecule has 4 heteroatoms. The normalized spacial score (nSPS) is 26.1. The zero-order valence-corrected chi connectivity index (χ0v) is 8.69. The molecule has 72 valence electrons. The van der Waals surface area contributed by atoms with Crippen molar-refractivity contribution < 1.29 is 5.11 Å². The minimum atomic E-state index is 0.293. The number of aromatic nitrogens is 1. The molecule has 2 N–H and O–H groups in total. The van der Waals surface area contributed by atoms with E-state index >= 15 is 0 Å². The largest absolute Gasteiger partial charge is 0.396 e. The first-order valence-corrected chi connectivity index (χ1v) is 5.33. The molecular weight excluding hydrogens is 184 g/mol. The van der Waals surface area contributed by atoms with E-state index in [9.17, 15) is 0 Å². The summed E-state index contributed by atoms with van der Waals surface area (Å²) in [7, 11) is 0. The van der Waals surface area contributed by atoms with Gasteiger partial charge in [-0.3, -0.25) is 0 Å². The molecule has 1 saturated carbocycles. The predicted molar refractivity (Wildman–Crippen MR) is 54.2 cm³/mol. The average Bonchev–Trinajstić information content (AvgIpc) is 2.75. The van der Waals surface area contributed by atoms with Gasteiger partial charge in [-0.2, -0.15) is 0 Å². The molecule has 0 aliphatic heterocycles. The minimum absolute atomic E-state index is 0.293. The van der Waals surface area contributed by atoms with Gasteiger partial charge in [-0.15, -0.1) is 11.3 Å². The fourth-order valence-corrected chi connectivity index (χ4v) is 2.20. The second-order valence-electron chi connectivity index (χ2n) is 3.59. The van der Waals surface area contributed by atoms with E-state index in [0.29, 0.717) is 18.6 Å². The van der Waals surface area contributed by atoms with E-state index < -0.39 is 0 Å². The Morgan fingerprint density at radius 3 is 2.85 bits per heavy atom. The second kappa shape index (κ2) is 3.27. The van der Waals surface area contributed by atoms with Crippen LogP contribution in [0.1, 0.15) is 17.0 Å². The van der Waals surface area contributed by atoms with Crippen molar-refractivity contribution in [2.75, 3.05) is 11.9 Å². The molecule has 0 spiro atoms. The number of hydrogen-bond acceptors (Lipinski definition) is 4. The number of hydrogen-bond donors (Lipinski definition) is 2. The Kier molecular flexibility index (Phi) is 2.26. The van der Waals surface area contributed by atoms with E-state index in [2.05, 4.69) is 17.2 Å². The van der Waals surface area contributed by atoms with Gasteiger partial charge in [-0.25, -0.2) is 4.98 Å². The van der Waals surface area contributed by atoms with Crippen LogP contribution >= 0.6 is 11.3 Å². The van der Waals surface area contributed by atoms with Crippen molar-refractivity contribution >= 4 is 16.5 Å². The number of aliphatic hydroxyl groups excluding tert-OH is 1. The molecular formula is C9H14N2OS. The highest BCUT2D eigenvalue weighted by Crippen LogP contribution is 2.34. The number of aryl methyl sites for hydroxylation is 2. The summed E-state index contributed by atoms with van der Waals surface area (Å²) in [4.78, 5) is 5.65. The molecule has 13 heavy (non-hydrogen) atoms. The molecule has 1 aromatic heterocycles. The van der Waals surface area contributed by atoms with E-state index in [0.717, 1.165) is 17.2 Å². The lowest BCUT2D eigenvalue weighted by Crippen LogP contribution is -2.05. The van der Waals surface area contributed by atoms with Crippen LogP contribution in [0.15, 0.2) is 0 Å². The number of aliphatic hydroxyl groups is 1. The number of anilines is 1. The van der Waals surface area contributed by atoms with Gasteiger partial charge in [-0.1, -0.05) is 0 Å². The quantitative estimate of drug-likeness (QED) is 0.774. The predicted octanol–water partition coefficient (Wildman–Crippen LogP) is 1.55. The molecule has 1 aromatic rings. The molecule has 0 amide bonds. The average molecular weight is 198 g/mol. The third-order valence-corrected chi connectivity index (χ3v) is 3.50. The molecule has 1 aliphatic carbocycles. The van der Waals surface area contributed by atoms with Gasteiger partial charge >= 0.3 is 0 Å². The minimum Gasteiger partial charge on any atom is -0.396 e. The lowest BCUT2D eigenvalue weighted by atomic mass is 10.4. The van der Waals surface area contributed by atoms with Crippen LogP contribution in [-0.2, 0) is 0 Å². The van der Waals surface area contributed by atoms with Gasteiger partial charge in [-0.05, 0) is 20.3 Å². The third-order valence-electron chi connectivity index (χ3n) is 2.49. The van der Waals surface area contributed by atoms with Crippen LogP contribution in [0.3, 0.4) is 0 Å². The van der Waals surface area contributed by atoms with Crippen molar-refractivity contribution in [2.45, 2.75) is 26.3 Å². The van der Waals surface area contributed by atoms with Crippen LogP contribution in [-0.4, -0.2) is 22.7 Å². The summed E-state index contributed by atoms with van der Waals surface area (Å²) in [5.74, 6) is 0.449. The van der Waals surface area contributed by atoms with Crippen molar-refractivity contribution in [3.05, 3.63) is 10.6 Å². The zero-order valence-electron chi connectivity index (χ0n) is 7.87. The highest BCUT2D eigenvalue weighted by Gasteiger charge is 2.36. The first-order chi connectivity index (χ1) is 6.20. The first kappa shape index (κ1) is 8.97. The monoisotopic (exact) mass is 198 g/mol. The van der Waals surface area contributed by atoms with Crippen LogP contribution in [0.2, 0.25) is 0 Å². The third kappa shape index (κ3) is 1.84. The van der Waals surface area contributed by atoms with E-state index in [1.165, 1.54) is 4.88 Å². The van der Waals surface area contributed by atoms with Crippen molar-refractivity contribution in [1.29, 1.82) is 0 Å². The van der Waals surface area contributed by atoms with E-state index in [4.69, 9.17) is 5.11 Å². The van der Waals surface area contributed by atoms with Crippen LogP contribution in [0.5, 0.6) is 0 Å². The lowest BCUT2D eigenvalue weighted by molar-refractivity contribution is 0.275. The van der Waals surface area contributed by atoms with Crippen molar-refractivity contribution in [1.82, 2.24) is 4.98 Å². The second-order valence-corrected chi connectivity index (χ2v) is 4.79. The van der Waals surface area contributed by atoms with Crippen LogP contribution in [0.4, 0.5) is 5.13 Å². The van der Waals surface area contributed by atoms with Gasteiger partial charge in [0.1, 0.15) is 0 Å². The topological polar surface area (TPSA) is 45.2 Å². The first-order valence-electron chi connectivity index (χ1n) is 4.52. The lowest BCUT2D eigenvalue weighted by Gasteiger charge is -1.98. The molecule has 0 saturated heterocycles. The summed E-state index contributed by atoms with van der Waals surface area (Å²) in [6.45, 7) is 4.39. The maximum Gasteiger partial charge on any atom is 0.183 e. The number of nitrogens with one attached hydrogen (secondary N) is 1. The zero-order chi connectivity index (χ0) is 9.42. The Hall–Kier alpha value is -0.610. The smallest absolute Gasteiger partial charge is 0.183 e. The molecule has 1 aliphatic rings. The van der Waals surface area contributed by atoms with Gasteiger partial charge in [0, 0.05) is 23.4 Å². The van der Waals surface area contributed by atoms with Gasteiger partial charge in [0.25, 0.3) is 0 Å². The van der Waals surface area contributed by atoms with Gasteiger partial charge in [0.2, 0.25) is 0 Å². The molecule has 0 radical (unpaired) electrons. The SMILES string of the molecule is Cc1nc(NC2CC2CO)sc1C. The summed E-state index contributed by atoms with van der Waals surface area (Å²) in [6, 6.07) is 0.454. The standard InChI is InChI=1S/C9H14N2OS/c1-5-6(2)13-9(10-5)11-8-3-7(8)4-12/h7-8,12H,3-4H2,1-2H3,(H,10,11). The molecule has 1 fully saturated rings. The van der Waals surface area contributed by atoms with E-state index in [1.54, 1.807) is 11.3 Å². The summed E-state index contributed by atoms with van der Waals surface area (Å²) >= 11 is 1.69. The van der Waals surface area contributed by atoms with Gasteiger partial charge < -0.3 is 10.4 Å². The molecule has 0 bridgehead atoms. The molecule has 2 rings (SSSR count). The summed E-state index contributed by atoms with van der Waals surface area (Å²) in [6.07, 6.45) is 1.08. The Morgan fingerprint density at radius 2 is 2.38 bits per heavy atom. The molecule has 0 aromatic carbocycles. The maximum absolute atomic E-state index is 8.86. The Morgan fingerprint density at radius 1 is 1.62 bits per heavy atom.